The lowest BCUT2D eigenvalue weighted by Gasteiger charge is -2.07. The number of amides is 1. The van der Waals surface area contributed by atoms with Gasteiger partial charge in [-0.25, -0.2) is 0 Å². The van der Waals surface area contributed by atoms with Crippen molar-refractivity contribution in [2.45, 2.75) is 78.1 Å². The smallest absolute Gasteiger partial charge is 0.243 e. The maximum Gasteiger partial charge on any atom is 0.243 e. The normalized spacial score (nSPS) is 11.5. The van der Waals surface area contributed by atoms with Gasteiger partial charge in [-0.05, 0) is 43.4 Å². The molecule has 1 aromatic rings. The van der Waals surface area contributed by atoms with E-state index in [0.29, 0.717) is 6.54 Å². The minimum absolute atomic E-state index is 0.0126. The molecule has 0 aromatic heterocycles. The third-order valence-electron chi connectivity index (χ3n) is 4.54. The summed E-state index contributed by atoms with van der Waals surface area (Å²) in [6.45, 7) is 4.99. The number of hydrogen-bond acceptors (Lipinski definition) is 2. The lowest BCUT2D eigenvalue weighted by atomic mass is 10.0. The van der Waals surface area contributed by atoms with Crippen LogP contribution in [0.4, 0.5) is 0 Å². The molecular weight excluding hydrogens is 310 g/mol. The minimum Gasteiger partial charge on any atom is -0.508 e. The molecule has 1 aromatic carbocycles. The molecule has 0 atom stereocenters. The number of aromatic hydroxyl groups is 1. The molecule has 0 aliphatic carbocycles. The molecule has 0 heterocycles. The fraction of sp³-hybridized carbons (Fsp3) is 0.591. The predicted octanol–water partition coefficient (Wildman–Crippen LogP) is 5.53. The van der Waals surface area contributed by atoms with E-state index in [1.165, 1.54) is 50.5 Å². The number of nitrogens with one attached hydrogen (secondary N) is 1. The third-order valence-corrected chi connectivity index (χ3v) is 4.54. The average molecular weight is 346 g/mol. The SMILES string of the molecule is CCCCCCCCC/C(=C\C(=O)NCCc1ccc(O)cc1)CC. The number of phenolic OH excluding ortho intramolecular Hbond substituents is 1. The van der Waals surface area contributed by atoms with E-state index in [1.807, 2.05) is 12.1 Å². The minimum atomic E-state index is 0.0126. The van der Waals surface area contributed by atoms with Crippen LogP contribution < -0.4 is 5.32 Å². The summed E-state index contributed by atoms with van der Waals surface area (Å²) in [4.78, 5) is 12.0. The molecule has 2 N–H and O–H groups in total. The van der Waals surface area contributed by atoms with Crippen LogP contribution in [0, 0.1) is 0 Å². The molecule has 0 radical (unpaired) electrons. The number of unbranched alkanes of at least 4 members (excludes halogenated alkanes) is 6. The number of rotatable bonds is 13. The summed E-state index contributed by atoms with van der Waals surface area (Å²) >= 11 is 0. The molecule has 3 heteroatoms. The Hall–Kier alpha value is -1.77. The van der Waals surface area contributed by atoms with Crippen molar-refractivity contribution in [1.82, 2.24) is 5.32 Å². The topological polar surface area (TPSA) is 49.3 Å². The zero-order valence-corrected chi connectivity index (χ0v) is 16.0. The van der Waals surface area contributed by atoms with E-state index in [1.54, 1.807) is 18.2 Å². The van der Waals surface area contributed by atoms with Gasteiger partial charge >= 0.3 is 0 Å². The van der Waals surface area contributed by atoms with Gasteiger partial charge in [-0.15, -0.1) is 0 Å². The maximum absolute atomic E-state index is 12.0. The van der Waals surface area contributed by atoms with Crippen molar-refractivity contribution in [2.24, 2.45) is 0 Å². The maximum atomic E-state index is 12.0. The fourth-order valence-electron chi connectivity index (χ4n) is 2.89. The second kappa shape index (κ2) is 13.5. The van der Waals surface area contributed by atoms with E-state index in [0.717, 1.165) is 24.8 Å². The predicted molar refractivity (Wildman–Crippen MR) is 106 cm³/mol. The first-order valence-electron chi connectivity index (χ1n) is 9.90. The third kappa shape index (κ3) is 10.6. The average Bonchev–Trinajstić information content (AvgIpc) is 2.61. The van der Waals surface area contributed by atoms with E-state index in [2.05, 4.69) is 19.2 Å². The summed E-state index contributed by atoms with van der Waals surface area (Å²) < 4.78 is 0. The largest absolute Gasteiger partial charge is 0.508 e. The van der Waals surface area contributed by atoms with Crippen molar-refractivity contribution in [3.05, 3.63) is 41.5 Å². The number of carbonyl (C=O) groups is 1. The summed E-state index contributed by atoms with van der Waals surface area (Å²) in [5.41, 5.74) is 2.36. The molecular formula is C22H35NO2. The molecule has 0 fully saturated rings. The molecule has 25 heavy (non-hydrogen) atoms. The number of hydrogen-bond donors (Lipinski definition) is 2. The number of phenols is 1. The van der Waals surface area contributed by atoms with Gasteiger partial charge < -0.3 is 10.4 Å². The van der Waals surface area contributed by atoms with Gasteiger partial charge in [-0.2, -0.15) is 0 Å². The lowest BCUT2D eigenvalue weighted by molar-refractivity contribution is -0.116. The highest BCUT2D eigenvalue weighted by Crippen LogP contribution is 2.14. The van der Waals surface area contributed by atoms with Crippen LogP contribution >= 0.6 is 0 Å². The molecule has 0 aliphatic rings. The number of allylic oxidation sites excluding steroid dienone is 1. The first-order chi connectivity index (χ1) is 12.2. The van der Waals surface area contributed by atoms with Crippen molar-refractivity contribution in [3.63, 3.8) is 0 Å². The number of carbonyl (C=O) groups excluding carboxylic acids is 1. The Kier molecular flexibility index (Phi) is 11.5. The van der Waals surface area contributed by atoms with Crippen molar-refractivity contribution >= 4 is 5.91 Å². The van der Waals surface area contributed by atoms with Crippen LogP contribution in [0.2, 0.25) is 0 Å². The van der Waals surface area contributed by atoms with Gasteiger partial charge in [-0.3, -0.25) is 4.79 Å². The molecule has 1 rings (SSSR count). The molecule has 0 aliphatic heterocycles. The molecule has 0 saturated carbocycles. The molecule has 0 bridgehead atoms. The zero-order valence-electron chi connectivity index (χ0n) is 16.0. The van der Waals surface area contributed by atoms with Gasteiger partial charge in [0, 0.05) is 12.6 Å². The van der Waals surface area contributed by atoms with Crippen molar-refractivity contribution in [1.29, 1.82) is 0 Å². The monoisotopic (exact) mass is 345 g/mol. The van der Waals surface area contributed by atoms with Gasteiger partial charge in [0.05, 0.1) is 0 Å². The van der Waals surface area contributed by atoms with Crippen LogP contribution in [0.3, 0.4) is 0 Å². The summed E-state index contributed by atoms with van der Waals surface area (Å²) in [5.74, 6) is 0.284. The highest BCUT2D eigenvalue weighted by atomic mass is 16.3. The zero-order chi connectivity index (χ0) is 18.3. The standard InChI is InChI=1S/C22H35NO2/c1-3-5-6-7-8-9-10-11-19(4-2)18-22(25)23-17-16-20-12-14-21(24)15-13-20/h12-15,18,24H,3-11,16-17H2,1-2H3,(H,23,25)/b19-18-. The second-order valence-electron chi connectivity index (χ2n) is 6.73. The molecule has 0 spiro atoms. The van der Waals surface area contributed by atoms with E-state index >= 15 is 0 Å². The van der Waals surface area contributed by atoms with Crippen LogP contribution in [0.1, 0.15) is 77.2 Å². The first kappa shape index (κ1) is 21.3. The Morgan fingerprint density at radius 2 is 1.64 bits per heavy atom. The highest BCUT2D eigenvalue weighted by molar-refractivity contribution is 5.88. The second-order valence-corrected chi connectivity index (χ2v) is 6.73. The van der Waals surface area contributed by atoms with Gasteiger partial charge in [0.2, 0.25) is 5.91 Å². The molecule has 1 amide bonds. The Balaban J connectivity index is 2.20. The fourth-order valence-corrected chi connectivity index (χ4v) is 2.89. The van der Waals surface area contributed by atoms with Crippen molar-refractivity contribution < 1.29 is 9.90 Å². The molecule has 3 nitrogen and oxygen atoms in total. The van der Waals surface area contributed by atoms with Crippen LogP contribution in [0.15, 0.2) is 35.9 Å². The van der Waals surface area contributed by atoms with E-state index in [4.69, 9.17) is 0 Å². The van der Waals surface area contributed by atoms with Crippen LogP contribution in [-0.4, -0.2) is 17.6 Å². The van der Waals surface area contributed by atoms with E-state index in [9.17, 15) is 9.90 Å². The van der Waals surface area contributed by atoms with Crippen molar-refractivity contribution in [2.75, 3.05) is 6.54 Å². The summed E-state index contributed by atoms with van der Waals surface area (Å²) in [6.07, 6.45) is 13.7. The lowest BCUT2D eigenvalue weighted by Crippen LogP contribution is -2.24. The van der Waals surface area contributed by atoms with E-state index in [-0.39, 0.29) is 11.7 Å². The van der Waals surface area contributed by atoms with E-state index < -0.39 is 0 Å². The quantitative estimate of drug-likeness (QED) is 0.365. The van der Waals surface area contributed by atoms with Crippen molar-refractivity contribution in [3.8, 4) is 5.75 Å². The van der Waals surface area contributed by atoms with Crippen LogP contribution in [0.5, 0.6) is 5.75 Å². The summed E-state index contributed by atoms with van der Waals surface area (Å²) in [6, 6.07) is 7.12. The molecule has 0 saturated heterocycles. The van der Waals surface area contributed by atoms with Crippen LogP contribution in [0.25, 0.3) is 0 Å². The molecule has 140 valence electrons. The molecule has 0 unspecified atom stereocenters. The van der Waals surface area contributed by atoms with Crippen LogP contribution in [-0.2, 0) is 11.2 Å². The Morgan fingerprint density at radius 1 is 1.00 bits per heavy atom. The first-order valence-corrected chi connectivity index (χ1v) is 9.90. The Morgan fingerprint density at radius 3 is 2.28 bits per heavy atom. The van der Waals surface area contributed by atoms with Gasteiger partial charge in [0.25, 0.3) is 0 Å². The summed E-state index contributed by atoms with van der Waals surface area (Å²) in [5, 5.41) is 12.2. The number of benzene rings is 1. The Bertz CT molecular complexity index is 505. The Labute approximate surface area is 153 Å². The highest BCUT2D eigenvalue weighted by Gasteiger charge is 2.02. The van der Waals surface area contributed by atoms with Gasteiger partial charge in [-0.1, -0.05) is 70.1 Å². The van der Waals surface area contributed by atoms with Gasteiger partial charge in [0.15, 0.2) is 0 Å². The van der Waals surface area contributed by atoms with Gasteiger partial charge in [0.1, 0.15) is 5.75 Å². The summed E-state index contributed by atoms with van der Waals surface area (Å²) in [7, 11) is 0.